The molecule has 1 aliphatic rings. The first-order valence-corrected chi connectivity index (χ1v) is 8.73. The van der Waals surface area contributed by atoms with Crippen LogP contribution in [0.4, 0.5) is 5.69 Å². The van der Waals surface area contributed by atoms with Gasteiger partial charge in [-0.2, -0.15) is 0 Å². The Morgan fingerprint density at radius 1 is 1.15 bits per heavy atom. The molecule has 0 aliphatic heterocycles. The fourth-order valence-electron chi connectivity index (χ4n) is 3.10. The topological polar surface area (TPSA) is 131 Å². The van der Waals surface area contributed by atoms with Crippen LogP contribution in [0, 0.1) is 5.92 Å². The number of nitrogens with two attached hydrogens (primary N) is 2. The lowest BCUT2D eigenvalue weighted by atomic mass is 10.0. The van der Waals surface area contributed by atoms with E-state index in [9.17, 15) is 9.59 Å². The number of rotatable bonds is 7. The van der Waals surface area contributed by atoms with Crippen molar-refractivity contribution < 1.29 is 14.7 Å². The fourth-order valence-corrected chi connectivity index (χ4v) is 3.10. The van der Waals surface area contributed by atoms with Crippen molar-refractivity contribution in [1.82, 2.24) is 5.32 Å². The molecule has 140 valence electrons. The van der Waals surface area contributed by atoms with Crippen LogP contribution in [0.3, 0.4) is 0 Å². The van der Waals surface area contributed by atoms with Gasteiger partial charge in [0.05, 0.1) is 11.6 Å². The summed E-state index contributed by atoms with van der Waals surface area (Å²) in [7, 11) is 0. The number of carboxylic acids is 1. The van der Waals surface area contributed by atoms with Gasteiger partial charge in [0.15, 0.2) is 5.96 Å². The molecule has 2 aromatic carbocycles. The molecule has 2 aromatic rings. The van der Waals surface area contributed by atoms with Gasteiger partial charge in [-0.05, 0) is 48.1 Å². The van der Waals surface area contributed by atoms with E-state index in [-0.39, 0.29) is 23.7 Å². The van der Waals surface area contributed by atoms with Gasteiger partial charge in [0, 0.05) is 12.1 Å². The van der Waals surface area contributed by atoms with Crippen LogP contribution in [0.5, 0.6) is 0 Å². The molecule has 2 unspecified atom stereocenters. The molecule has 6 N–H and O–H groups in total. The minimum Gasteiger partial charge on any atom is -0.481 e. The summed E-state index contributed by atoms with van der Waals surface area (Å²) in [6, 6.07) is 14.6. The summed E-state index contributed by atoms with van der Waals surface area (Å²) in [6.45, 7) is 0.474. The normalized spacial score (nSPS) is 17.8. The predicted molar refractivity (Wildman–Crippen MR) is 103 cm³/mol. The molecule has 7 heteroatoms. The van der Waals surface area contributed by atoms with E-state index in [1.165, 1.54) is 0 Å². The summed E-state index contributed by atoms with van der Waals surface area (Å²) in [5, 5.41) is 11.9. The number of hydrogen-bond donors (Lipinski definition) is 4. The van der Waals surface area contributed by atoms with Gasteiger partial charge in [0.2, 0.25) is 0 Å². The molecule has 0 saturated heterocycles. The first-order chi connectivity index (χ1) is 12.9. The lowest BCUT2D eigenvalue weighted by molar-refractivity contribution is -0.138. The molecule has 7 nitrogen and oxygen atoms in total. The van der Waals surface area contributed by atoms with Crippen LogP contribution in [-0.2, 0) is 11.2 Å². The number of carbonyl (C=O) groups is 2. The van der Waals surface area contributed by atoms with E-state index in [0.717, 1.165) is 11.1 Å². The first kappa shape index (κ1) is 18.4. The lowest BCUT2D eigenvalue weighted by Crippen LogP contribution is -2.25. The molecule has 0 aromatic heterocycles. The number of hydrogen-bond acceptors (Lipinski definition) is 3. The van der Waals surface area contributed by atoms with Gasteiger partial charge in [0.1, 0.15) is 0 Å². The van der Waals surface area contributed by atoms with E-state index in [1.54, 1.807) is 24.3 Å². The highest BCUT2D eigenvalue weighted by molar-refractivity contribution is 5.95. The van der Waals surface area contributed by atoms with Gasteiger partial charge >= 0.3 is 5.97 Å². The van der Waals surface area contributed by atoms with Gasteiger partial charge in [-0.1, -0.05) is 30.3 Å². The molecule has 0 bridgehead atoms. The minimum atomic E-state index is -0.736. The average Bonchev–Trinajstić information content (AvgIpc) is 3.43. The van der Waals surface area contributed by atoms with Crippen LogP contribution in [0.1, 0.15) is 33.8 Å². The van der Waals surface area contributed by atoms with Crippen molar-refractivity contribution in [3.8, 4) is 0 Å². The lowest BCUT2D eigenvalue weighted by Gasteiger charge is -2.08. The SMILES string of the molecule is NC(N)=Nc1cccc(C(=O)NCCc2cccc(C3CC3C(=O)O)c2)c1. The summed E-state index contributed by atoms with van der Waals surface area (Å²) in [5.74, 6) is -1.16. The molecular formula is C20H22N4O3. The zero-order valence-electron chi connectivity index (χ0n) is 14.8. The van der Waals surface area contributed by atoms with Crippen LogP contribution < -0.4 is 16.8 Å². The number of nitrogens with one attached hydrogen (secondary N) is 1. The molecule has 2 atom stereocenters. The number of aliphatic imine (C=N–C) groups is 1. The number of nitrogens with zero attached hydrogens (tertiary/aromatic N) is 1. The quantitative estimate of drug-likeness (QED) is 0.438. The van der Waals surface area contributed by atoms with E-state index in [4.69, 9.17) is 16.6 Å². The van der Waals surface area contributed by atoms with Crippen molar-refractivity contribution in [2.45, 2.75) is 18.8 Å². The largest absolute Gasteiger partial charge is 0.481 e. The number of carbonyl (C=O) groups excluding carboxylic acids is 1. The molecule has 0 heterocycles. The second kappa shape index (κ2) is 7.90. The molecule has 1 fully saturated rings. The number of guanidine groups is 1. The smallest absolute Gasteiger partial charge is 0.307 e. The molecule has 0 spiro atoms. The molecule has 1 aliphatic carbocycles. The van der Waals surface area contributed by atoms with Crippen molar-refractivity contribution >= 4 is 23.5 Å². The van der Waals surface area contributed by atoms with Crippen LogP contribution in [0.25, 0.3) is 0 Å². The third-order valence-corrected chi connectivity index (χ3v) is 4.55. The van der Waals surface area contributed by atoms with E-state index in [2.05, 4.69) is 10.3 Å². The third-order valence-electron chi connectivity index (χ3n) is 4.55. The summed E-state index contributed by atoms with van der Waals surface area (Å²) < 4.78 is 0. The van der Waals surface area contributed by atoms with E-state index in [1.807, 2.05) is 24.3 Å². The van der Waals surface area contributed by atoms with Crippen molar-refractivity contribution in [2.24, 2.45) is 22.4 Å². The highest BCUT2D eigenvalue weighted by Crippen LogP contribution is 2.47. The van der Waals surface area contributed by atoms with Gasteiger partial charge in [-0.25, -0.2) is 4.99 Å². The second-order valence-electron chi connectivity index (χ2n) is 6.62. The highest BCUT2D eigenvalue weighted by atomic mass is 16.4. The summed E-state index contributed by atoms with van der Waals surface area (Å²) in [5.41, 5.74) is 13.8. The molecule has 1 amide bonds. The Kier molecular flexibility index (Phi) is 5.40. The first-order valence-electron chi connectivity index (χ1n) is 8.73. The summed E-state index contributed by atoms with van der Waals surface area (Å²) in [4.78, 5) is 27.2. The van der Waals surface area contributed by atoms with Crippen LogP contribution >= 0.6 is 0 Å². The predicted octanol–water partition coefficient (Wildman–Crippen LogP) is 1.75. The van der Waals surface area contributed by atoms with Crippen molar-refractivity contribution in [1.29, 1.82) is 0 Å². The van der Waals surface area contributed by atoms with Gasteiger partial charge < -0.3 is 21.9 Å². The van der Waals surface area contributed by atoms with Gasteiger partial charge in [0.25, 0.3) is 5.91 Å². The molecule has 27 heavy (non-hydrogen) atoms. The molecule has 1 saturated carbocycles. The Bertz CT molecular complexity index is 890. The zero-order chi connectivity index (χ0) is 19.4. The standard InChI is InChI=1S/C20H22N4O3/c21-20(22)24-15-6-2-5-14(10-15)18(25)23-8-7-12-3-1-4-13(9-12)16-11-17(16)19(26)27/h1-6,9-10,16-17H,7-8,11H2,(H,23,25)(H,26,27)(H4,21,22,24). The van der Waals surface area contributed by atoms with E-state index >= 15 is 0 Å². The number of amides is 1. The summed E-state index contributed by atoms with van der Waals surface area (Å²) in [6.07, 6.45) is 1.36. The molecule has 3 rings (SSSR count). The minimum absolute atomic E-state index is 0.0618. The maximum atomic E-state index is 12.3. The number of benzene rings is 2. The Hall–Kier alpha value is -3.35. The average molecular weight is 366 g/mol. The van der Waals surface area contributed by atoms with Crippen LogP contribution in [0.2, 0.25) is 0 Å². The van der Waals surface area contributed by atoms with Gasteiger partial charge in [-0.15, -0.1) is 0 Å². The molecular weight excluding hydrogens is 344 g/mol. The van der Waals surface area contributed by atoms with Crippen LogP contribution in [0.15, 0.2) is 53.5 Å². The van der Waals surface area contributed by atoms with Crippen molar-refractivity contribution in [3.05, 3.63) is 65.2 Å². The monoisotopic (exact) mass is 366 g/mol. The zero-order valence-corrected chi connectivity index (χ0v) is 14.8. The van der Waals surface area contributed by atoms with E-state index < -0.39 is 5.97 Å². The number of aliphatic carboxylic acids is 1. The second-order valence-corrected chi connectivity index (χ2v) is 6.62. The van der Waals surface area contributed by atoms with Gasteiger partial charge in [-0.3, -0.25) is 9.59 Å². The Morgan fingerprint density at radius 2 is 1.93 bits per heavy atom. The number of carboxylic acid groups (broad SMARTS) is 1. The third kappa shape index (κ3) is 4.84. The fraction of sp³-hybridized carbons (Fsp3) is 0.250. The maximum Gasteiger partial charge on any atom is 0.307 e. The van der Waals surface area contributed by atoms with Crippen LogP contribution in [-0.4, -0.2) is 29.5 Å². The highest BCUT2D eigenvalue weighted by Gasteiger charge is 2.44. The Labute approximate surface area is 157 Å². The summed E-state index contributed by atoms with van der Waals surface area (Å²) >= 11 is 0. The van der Waals surface area contributed by atoms with E-state index in [0.29, 0.717) is 30.6 Å². The van der Waals surface area contributed by atoms with Crippen molar-refractivity contribution in [3.63, 3.8) is 0 Å². The Balaban J connectivity index is 1.55. The Morgan fingerprint density at radius 3 is 2.63 bits per heavy atom. The molecule has 0 radical (unpaired) electrons. The van der Waals surface area contributed by atoms with Crippen molar-refractivity contribution in [2.75, 3.05) is 6.54 Å². The maximum absolute atomic E-state index is 12.3.